The third kappa shape index (κ3) is 3.63. The normalized spacial score (nSPS) is 20.0. The molecule has 1 aliphatic heterocycles. The van der Waals surface area contributed by atoms with Gasteiger partial charge >= 0.3 is 0 Å². The molecular formula is C15H22ClNO. The Labute approximate surface area is 115 Å². The van der Waals surface area contributed by atoms with E-state index in [9.17, 15) is 0 Å². The number of hydrogen-bond donors (Lipinski definition) is 1. The molecule has 0 amide bonds. The molecule has 2 nitrogen and oxygen atoms in total. The Morgan fingerprint density at radius 2 is 2.28 bits per heavy atom. The summed E-state index contributed by atoms with van der Waals surface area (Å²) in [7, 11) is 0. The molecule has 0 aliphatic carbocycles. The Balaban J connectivity index is 1.87. The smallest absolute Gasteiger partial charge is 0.122 e. The van der Waals surface area contributed by atoms with Crippen LogP contribution in [0.25, 0.3) is 0 Å². The zero-order valence-electron chi connectivity index (χ0n) is 11.0. The van der Waals surface area contributed by atoms with Crippen molar-refractivity contribution in [2.24, 2.45) is 0 Å². The number of benzene rings is 1. The Kier molecular flexibility index (Phi) is 5.33. The maximum atomic E-state index is 5.72. The fourth-order valence-electron chi connectivity index (χ4n) is 2.46. The van der Waals surface area contributed by atoms with Gasteiger partial charge in [0.1, 0.15) is 5.75 Å². The van der Waals surface area contributed by atoms with Crippen molar-refractivity contribution < 1.29 is 4.74 Å². The second-order valence-electron chi connectivity index (χ2n) is 5.01. The topological polar surface area (TPSA) is 21.3 Å². The standard InChI is InChI=1S/C15H22ClNO/c1-12(5-4-9-16)17-11-13-8-10-18-15-7-3-2-6-14(13)15/h2-3,6-7,12-13,17H,4-5,8-11H2,1H3. The second-order valence-corrected chi connectivity index (χ2v) is 5.39. The maximum absolute atomic E-state index is 5.72. The summed E-state index contributed by atoms with van der Waals surface area (Å²) < 4.78 is 5.68. The van der Waals surface area contributed by atoms with Crippen LogP contribution in [0, 0.1) is 0 Å². The summed E-state index contributed by atoms with van der Waals surface area (Å²) in [4.78, 5) is 0. The Morgan fingerprint density at radius 1 is 1.44 bits per heavy atom. The lowest BCUT2D eigenvalue weighted by molar-refractivity contribution is 0.262. The molecule has 0 saturated heterocycles. The number of ether oxygens (including phenoxy) is 1. The van der Waals surface area contributed by atoms with E-state index >= 15 is 0 Å². The third-order valence-corrected chi connectivity index (χ3v) is 3.83. The number of halogens is 1. The molecule has 1 aromatic rings. The van der Waals surface area contributed by atoms with Crippen LogP contribution >= 0.6 is 11.6 Å². The van der Waals surface area contributed by atoms with Crippen molar-refractivity contribution in [1.29, 1.82) is 0 Å². The molecule has 2 unspecified atom stereocenters. The lowest BCUT2D eigenvalue weighted by Crippen LogP contribution is -2.32. The zero-order valence-corrected chi connectivity index (χ0v) is 11.7. The third-order valence-electron chi connectivity index (χ3n) is 3.57. The van der Waals surface area contributed by atoms with Crippen LogP contribution in [0.1, 0.15) is 37.7 Å². The van der Waals surface area contributed by atoms with E-state index in [4.69, 9.17) is 16.3 Å². The van der Waals surface area contributed by atoms with Crippen molar-refractivity contribution in [1.82, 2.24) is 5.32 Å². The molecular weight excluding hydrogens is 246 g/mol. The molecule has 3 heteroatoms. The minimum absolute atomic E-state index is 0.541. The lowest BCUT2D eigenvalue weighted by atomic mass is 9.93. The van der Waals surface area contributed by atoms with Gasteiger partial charge in [-0.1, -0.05) is 18.2 Å². The molecule has 1 aliphatic rings. The minimum Gasteiger partial charge on any atom is -0.493 e. The Bertz CT molecular complexity index is 369. The summed E-state index contributed by atoms with van der Waals surface area (Å²) in [5, 5.41) is 3.61. The molecule has 0 bridgehead atoms. The summed E-state index contributed by atoms with van der Waals surface area (Å²) in [5.74, 6) is 2.39. The van der Waals surface area contributed by atoms with Crippen LogP contribution in [0.2, 0.25) is 0 Å². The zero-order chi connectivity index (χ0) is 12.8. The van der Waals surface area contributed by atoms with Gasteiger partial charge in [0.15, 0.2) is 0 Å². The van der Waals surface area contributed by atoms with Crippen molar-refractivity contribution in [2.45, 2.75) is 38.1 Å². The van der Waals surface area contributed by atoms with Crippen LogP contribution in [0.3, 0.4) is 0 Å². The molecule has 0 radical (unpaired) electrons. The maximum Gasteiger partial charge on any atom is 0.122 e. The van der Waals surface area contributed by atoms with E-state index in [0.717, 1.165) is 44.0 Å². The van der Waals surface area contributed by atoms with Gasteiger partial charge in [-0.2, -0.15) is 0 Å². The molecule has 2 rings (SSSR count). The Hall–Kier alpha value is -0.730. The van der Waals surface area contributed by atoms with Crippen LogP contribution in [0.5, 0.6) is 5.75 Å². The number of hydrogen-bond acceptors (Lipinski definition) is 2. The molecule has 0 saturated carbocycles. The van der Waals surface area contributed by atoms with E-state index in [-0.39, 0.29) is 0 Å². The van der Waals surface area contributed by atoms with Gasteiger partial charge in [0.25, 0.3) is 0 Å². The fourth-order valence-corrected chi connectivity index (χ4v) is 2.61. The van der Waals surface area contributed by atoms with Gasteiger partial charge in [-0.3, -0.25) is 0 Å². The number of alkyl halides is 1. The van der Waals surface area contributed by atoms with E-state index in [1.54, 1.807) is 0 Å². The van der Waals surface area contributed by atoms with Crippen molar-refractivity contribution >= 4 is 11.6 Å². The predicted molar refractivity (Wildman–Crippen MR) is 76.7 cm³/mol. The monoisotopic (exact) mass is 267 g/mol. The summed E-state index contributed by atoms with van der Waals surface area (Å²) in [6.45, 7) is 4.10. The first-order valence-corrected chi connectivity index (χ1v) is 7.35. The highest BCUT2D eigenvalue weighted by Gasteiger charge is 2.20. The summed E-state index contributed by atoms with van der Waals surface area (Å²) in [5.41, 5.74) is 1.35. The van der Waals surface area contributed by atoms with Gasteiger partial charge in [-0.25, -0.2) is 0 Å². The first-order chi connectivity index (χ1) is 8.81. The first-order valence-electron chi connectivity index (χ1n) is 6.82. The molecule has 1 N–H and O–H groups in total. The molecule has 1 aromatic carbocycles. The number of rotatable bonds is 6. The SMILES string of the molecule is CC(CCCCl)NCC1CCOc2ccccc21. The van der Waals surface area contributed by atoms with Crippen LogP contribution in [0.4, 0.5) is 0 Å². The van der Waals surface area contributed by atoms with E-state index < -0.39 is 0 Å². The van der Waals surface area contributed by atoms with E-state index in [1.165, 1.54) is 5.56 Å². The van der Waals surface area contributed by atoms with Gasteiger partial charge < -0.3 is 10.1 Å². The van der Waals surface area contributed by atoms with Crippen LogP contribution in [-0.4, -0.2) is 25.1 Å². The van der Waals surface area contributed by atoms with Gasteiger partial charge in [-0.05, 0) is 37.8 Å². The van der Waals surface area contributed by atoms with Crippen molar-refractivity contribution in [3.63, 3.8) is 0 Å². The molecule has 2 atom stereocenters. The van der Waals surface area contributed by atoms with Crippen LogP contribution in [0.15, 0.2) is 24.3 Å². The molecule has 100 valence electrons. The Morgan fingerprint density at radius 3 is 3.11 bits per heavy atom. The van der Waals surface area contributed by atoms with E-state index in [2.05, 4.69) is 30.4 Å². The van der Waals surface area contributed by atoms with Gasteiger partial charge in [0.2, 0.25) is 0 Å². The van der Waals surface area contributed by atoms with Crippen LogP contribution in [-0.2, 0) is 0 Å². The predicted octanol–water partition coefficient (Wildman–Crippen LogP) is 3.55. The van der Waals surface area contributed by atoms with E-state index in [0.29, 0.717) is 12.0 Å². The number of nitrogens with one attached hydrogen (secondary N) is 1. The molecule has 0 spiro atoms. The first kappa shape index (κ1) is 13.7. The highest BCUT2D eigenvalue weighted by atomic mass is 35.5. The largest absolute Gasteiger partial charge is 0.493 e. The fraction of sp³-hybridized carbons (Fsp3) is 0.600. The number of para-hydroxylation sites is 1. The van der Waals surface area contributed by atoms with E-state index in [1.807, 2.05) is 6.07 Å². The minimum atomic E-state index is 0.541. The van der Waals surface area contributed by atoms with Crippen molar-refractivity contribution in [3.8, 4) is 5.75 Å². The second kappa shape index (κ2) is 7.01. The molecule has 0 aromatic heterocycles. The lowest BCUT2D eigenvalue weighted by Gasteiger charge is -2.27. The van der Waals surface area contributed by atoms with Crippen molar-refractivity contribution in [3.05, 3.63) is 29.8 Å². The van der Waals surface area contributed by atoms with Gasteiger partial charge in [-0.15, -0.1) is 11.6 Å². The highest BCUT2D eigenvalue weighted by molar-refractivity contribution is 6.17. The van der Waals surface area contributed by atoms with Crippen molar-refractivity contribution in [2.75, 3.05) is 19.0 Å². The average molecular weight is 268 g/mol. The van der Waals surface area contributed by atoms with Gasteiger partial charge in [0, 0.05) is 24.4 Å². The molecule has 18 heavy (non-hydrogen) atoms. The summed E-state index contributed by atoms with van der Waals surface area (Å²) >= 11 is 5.72. The molecule has 1 heterocycles. The summed E-state index contributed by atoms with van der Waals surface area (Å²) in [6.07, 6.45) is 3.33. The summed E-state index contributed by atoms with van der Waals surface area (Å²) in [6, 6.07) is 8.93. The van der Waals surface area contributed by atoms with Crippen LogP contribution < -0.4 is 10.1 Å². The quantitative estimate of drug-likeness (QED) is 0.796. The molecule has 0 fully saturated rings. The van der Waals surface area contributed by atoms with Gasteiger partial charge in [0.05, 0.1) is 6.61 Å². The number of fused-ring (bicyclic) bond motifs is 1. The average Bonchev–Trinajstić information content (AvgIpc) is 2.42. The highest BCUT2D eigenvalue weighted by Crippen LogP contribution is 2.32.